The van der Waals surface area contributed by atoms with E-state index in [0.29, 0.717) is 12.5 Å². The van der Waals surface area contributed by atoms with Gasteiger partial charge in [-0.1, -0.05) is 67.9 Å². The summed E-state index contributed by atoms with van der Waals surface area (Å²) in [6.07, 6.45) is 7.60. The molecule has 4 atom stereocenters. The summed E-state index contributed by atoms with van der Waals surface area (Å²) in [4.78, 5) is 12.2. The first kappa shape index (κ1) is 18.8. The quantitative estimate of drug-likeness (QED) is 0.572. The molecule has 1 heterocycles. The summed E-state index contributed by atoms with van der Waals surface area (Å²) >= 11 is 0. The van der Waals surface area contributed by atoms with Crippen LogP contribution in [0.5, 0.6) is 0 Å². The normalized spacial score (nSPS) is 31.2. The van der Waals surface area contributed by atoms with Gasteiger partial charge in [0.15, 0.2) is 0 Å². The highest BCUT2D eigenvalue weighted by molar-refractivity contribution is 6.91. The average Bonchev–Trinajstić information content (AvgIpc) is 3.02. The van der Waals surface area contributed by atoms with Gasteiger partial charge in [-0.05, 0) is 24.3 Å². The lowest BCUT2D eigenvalue weighted by atomic mass is 9.80. The van der Waals surface area contributed by atoms with Crippen LogP contribution >= 0.6 is 0 Å². The summed E-state index contributed by atoms with van der Waals surface area (Å²) in [5.41, 5.74) is 0.277. The van der Waals surface area contributed by atoms with Crippen molar-refractivity contribution in [1.29, 1.82) is 0 Å². The minimum atomic E-state index is -1.87. The number of hydrogen-bond donors (Lipinski definition) is 0. The van der Waals surface area contributed by atoms with Crippen molar-refractivity contribution in [3.05, 3.63) is 30.3 Å². The molecule has 0 bridgehead atoms. The third-order valence-corrected chi connectivity index (χ3v) is 10.7. The van der Waals surface area contributed by atoms with Crippen LogP contribution in [0, 0.1) is 11.8 Å². The molecule has 1 saturated carbocycles. The molecule has 1 aromatic rings. The van der Waals surface area contributed by atoms with Crippen LogP contribution in [0.3, 0.4) is 0 Å². The van der Waals surface area contributed by atoms with Crippen LogP contribution in [0.25, 0.3) is 0 Å². The maximum Gasteiger partial charge on any atom is 0.125 e. The largest absolute Gasteiger partial charge is 0.382 e. The number of hydrogen-bond acceptors (Lipinski definition) is 3. The van der Waals surface area contributed by atoms with Crippen molar-refractivity contribution in [3.8, 4) is 0 Å². The van der Waals surface area contributed by atoms with Gasteiger partial charge in [0, 0.05) is 13.0 Å². The monoisotopic (exact) mass is 360 g/mol. The average molecular weight is 361 g/mol. The first-order valence-corrected chi connectivity index (χ1v) is 12.8. The van der Waals surface area contributed by atoms with E-state index in [1.165, 1.54) is 43.6 Å². The number of carbonyl (C=O) groups excluding carboxylic acids is 1. The van der Waals surface area contributed by atoms with Crippen molar-refractivity contribution in [2.45, 2.75) is 62.9 Å². The summed E-state index contributed by atoms with van der Waals surface area (Å²) in [5.74, 6) is 0.541. The Kier molecular flexibility index (Phi) is 6.13. The fraction of sp³-hybridized carbons (Fsp3) is 0.667. The van der Waals surface area contributed by atoms with E-state index in [1.54, 1.807) is 7.11 Å². The highest BCUT2D eigenvalue weighted by atomic mass is 28.3. The highest BCUT2D eigenvalue weighted by Gasteiger charge is 2.54. The molecule has 1 saturated heterocycles. The molecule has 4 heteroatoms. The molecule has 0 N–H and O–H groups in total. The lowest BCUT2D eigenvalue weighted by Crippen LogP contribution is -2.52. The predicted molar refractivity (Wildman–Crippen MR) is 104 cm³/mol. The summed E-state index contributed by atoms with van der Waals surface area (Å²) in [6.45, 7) is 5.36. The van der Waals surface area contributed by atoms with Gasteiger partial charge >= 0.3 is 0 Å². The zero-order valence-electron chi connectivity index (χ0n) is 15.8. The topological polar surface area (TPSA) is 35.5 Å². The molecule has 0 unspecified atom stereocenters. The van der Waals surface area contributed by atoms with Gasteiger partial charge in [-0.15, -0.1) is 0 Å². The second kappa shape index (κ2) is 8.15. The summed E-state index contributed by atoms with van der Waals surface area (Å²) in [5, 5.41) is 1.40. The molecule has 3 nitrogen and oxygen atoms in total. The lowest BCUT2D eigenvalue weighted by Gasteiger charge is -2.36. The van der Waals surface area contributed by atoms with Crippen molar-refractivity contribution in [1.82, 2.24) is 0 Å². The Labute approximate surface area is 153 Å². The van der Waals surface area contributed by atoms with Crippen LogP contribution in [0.1, 0.15) is 32.1 Å². The molecule has 0 spiro atoms. The third kappa shape index (κ3) is 3.76. The standard InChI is InChI=1S/C21H32O3Si/c1-23-15-19-21(25(2,3)17-12-8-5-9-13-17)18(14-22)20(24-19)16-10-6-4-7-11-16/h5,8-9,12-14,16,18-21H,4,6-7,10-11,15H2,1-3H3/t18-,19-,20+,21+/m1/s1. The molecule has 0 amide bonds. The van der Waals surface area contributed by atoms with Gasteiger partial charge in [0.25, 0.3) is 0 Å². The predicted octanol–water partition coefficient (Wildman–Crippen LogP) is 3.78. The van der Waals surface area contributed by atoms with E-state index >= 15 is 0 Å². The Bertz CT molecular complexity index is 554. The molecule has 2 aliphatic rings. The number of ether oxygens (including phenoxy) is 2. The van der Waals surface area contributed by atoms with E-state index in [4.69, 9.17) is 9.47 Å². The maximum absolute atomic E-state index is 12.2. The minimum Gasteiger partial charge on any atom is -0.382 e. The van der Waals surface area contributed by atoms with E-state index in [1.807, 2.05) is 0 Å². The van der Waals surface area contributed by atoms with E-state index in [-0.39, 0.29) is 23.7 Å². The van der Waals surface area contributed by atoms with Gasteiger partial charge in [0.05, 0.1) is 26.9 Å². The molecule has 2 fully saturated rings. The molecule has 1 aliphatic carbocycles. The smallest absolute Gasteiger partial charge is 0.125 e. The first-order chi connectivity index (χ1) is 12.1. The van der Waals surface area contributed by atoms with Crippen LogP contribution in [-0.2, 0) is 14.3 Å². The number of aldehydes is 1. The van der Waals surface area contributed by atoms with Gasteiger partial charge < -0.3 is 14.3 Å². The van der Waals surface area contributed by atoms with E-state index in [2.05, 4.69) is 43.4 Å². The fourth-order valence-electron chi connectivity index (χ4n) is 5.19. The Morgan fingerprint density at radius 1 is 1.16 bits per heavy atom. The van der Waals surface area contributed by atoms with E-state index in [9.17, 15) is 4.79 Å². The van der Waals surface area contributed by atoms with Gasteiger partial charge in [-0.3, -0.25) is 0 Å². The lowest BCUT2D eigenvalue weighted by molar-refractivity contribution is -0.114. The fourth-order valence-corrected chi connectivity index (χ4v) is 8.96. The molecular weight excluding hydrogens is 328 g/mol. The van der Waals surface area contributed by atoms with Crippen LogP contribution in [-0.4, -0.2) is 40.3 Å². The number of benzene rings is 1. The van der Waals surface area contributed by atoms with Crippen LogP contribution in [0.2, 0.25) is 18.6 Å². The molecule has 25 heavy (non-hydrogen) atoms. The Morgan fingerprint density at radius 3 is 2.44 bits per heavy atom. The van der Waals surface area contributed by atoms with Gasteiger partial charge in [-0.25, -0.2) is 0 Å². The van der Waals surface area contributed by atoms with Crippen LogP contribution in [0.15, 0.2) is 30.3 Å². The molecule has 1 aliphatic heterocycles. The maximum atomic E-state index is 12.2. The van der Waals surface area contributed by atoms with Crippen LogP contribution in [0.4, 0.5) is 0 Å². The van der Waals surface area contributed by atoms with Gasteiger partial charge in [0.1, 0.15) is 6.29 Å². The summed E-state index contributed by atoms with van der Waals surface area (Å²) < 4.78 is 12.0. The number of rotatable bonds is 6. The van der Waals surface area contributed by atoms with E-state index in [0.717, 1.165) is 0 Å². The molecule has 0 aromatic heterocycles. The van der Waals surface area contributed by atoms with Crippen molar-refractivity contribution >= 4 is 19.5 Å². The van der Waals surface area contributed by atoms with Gasteiger partial charge in [0.2, 0.25) is 0 Å². The molecule has 138 valence electrons. The Hall–Kier alpha value is -0.973. The molecule has 0 radical (unpaired) electrons. The summed E-state index contributed by atoms with van der Waals surface area (Å²) in [7, 11) is -0.135. The SMILES string of the molecule is COC[C@H]1O[C@@H](C2CCCCC2)[C@@H](C=O)[C@@H]1[Si](C)(C)c1ccccc1. The minimum absolute atomic E-state index is 0.00474. The van der Waals surface area contributed by atoms with Crippen LogP contribution < -0.4 is 5.19 Å². The molecule has 3 rings (SSSR count). The van der Waals surface area contributed by atoms with Gasteiger partial charge in [-0.2, -0.15) is 0 Å². The first-order valence-electron chi connectivity index (χ1n) is 9.74. The number of carbonyl (C=O) groups is 1. The Morgan fingerprint density at radius 2 is 1.84 bits per heavy atom. The summed E-state index contributed by atoms with van der Waals surface area (Å²) in [6, 6.07) is 10.7. The van der Waals surface area contributed by atoms with Crippen molar-refractivity contribution in [3.63, 3.8) is 0 Å². The zero-order valence-corrected chi connectivity index (χ0v) is 16.8. The second-order valence-corrected chi connectivity index (χ2v) is 13.0. The third-order valence-electron chi connectivity index (χ3n) is 6.48. The molecule has 1 aromatic carbocycles. The Balaban J connectivity index is 1.92. The zero-order chi connectivity index (χ0) is 17.9. The van der Waals surface area contributed by atoms with Crippen molar-refractivity contribution < 1.29 is 14.3 Å². The molecular formula is C21H32O3Si. The number of methoxy groups -OCH3 is 1. The second-order valence-electron chi connectivity index (χ2n) is 8.32. The van der Waals surface area contributed by atoms with E-state index < -0.39 is 8.07 Å². The highest BCUT2D eigenvalue weighted by Crippen LogP contribution is 2.47. The van der Waals surface area contributed by atoms with Crippen molar-refractivity contribution in [2.75, 3.05) is 13.7 Å². The van der Waals surface area contributed by atoms with Crippen molar-refractivity contribution in [2.24, 2.45) is 11.8 Å².